The summed E-state index contributed by atoms with van der Waals surface area (Å²) in [5.74, 6) is 3.29. The summed E-state index contributed by atoms with van der Waals surface area (Å²) in [6, 6.07) is 14.1. The Morgan fingerprint density at radius 3 is 2.67 bits per heavy atom. The first kappa shape index (κ1) is 27.3. The molecular weight excluding hydrogens is 580 g/mol. The SMILES string of the molecule is COc1cc(C(=O)N2CC3CCC2[C@@H]3N)cc2nc(-c3cc4cccnc4n3CC3CC3)n(C3CN(c4ccnc(C#N)n4)C3)c12. The quantitative estimate of drug-likeness (QED) is 0.290. The third-order valence-corrected chi connectivity index (χ3v) is 10.4. The molecule has 5 aromatic rings. The number of carbonyl (C=O) groups excluding carboxylic acids is 1. The van der Waals surface area contributed by atoms with Crippen LogP contribution in [0.25, 0.3) is 33.6 Å². The second-order valence-corrected chi connectivity index (χ2v) is 13.2. The minimum atomic E-state index is -0.0159. The molecule has 2 aliphatic heterocycles. The Morgan fingerprint density at radius 2 is 1.93 bits per heavy atom. The van der Waals surface area contributed by atoms with Gasteiger partial charge in [-0.2, -0.15) is 5.26 Å². The summed E-state index contributed by atoms with van der Waals surface area (Å²) in [7, 11) is 1.65. The van der Waals surface area contributed by atoms with E-state index in [4.69, 9.17) is 20.4 Å². The molecule has 232 valence electrons. The van der Waals surface area contributed by atoms with Crippen LogP contribution in [-0.4, -0.2) is 78.7 Å². The molecule has 2 N–H and O–H groups in total. The van der Waals surface area contributed by atoms with Crippen LogP contribution in [0.4, 0.5) is 5.82 Å². The molecule has 6 heterocycles. The number of aromatic nitrogens is 6. The molecule has 2 saturated carbocycles. The van der Waals surface area contributed by atoms with Crippen LogP contribution in [0.2, 0.25) is 0 Å². The molecule has 12 heteroatoms. The molecular formula is C34H34N10O2. The lowest BCUT2D eigenvalue weighted by Crippen LogP contribution is -2.48. The molecule has 1 aromatic carbocycles. The van der Waals surface area contributed by atoms with E-state index in [1.807, 2.05) is 41.4 Å². The molecule has 0 radical (unpaired) electrons. The van der Waals surface area contributed by atoms with Crippen LogP contribution in [-0.2, 0) is 6.54 Å². The number of benzene rings is 1. The van der Waals surface area contributed by atoms with E-state index in [1.165, 1.54) is 12.8 Å². The Morgan fingerprint density at radius 1 is 1.07 bits per heavy atom. The molecule has 0 spiro atoms. The zero-order chi connectivity index (χ0) is 31.1. The zero-order valence-electron chi connectivity index (χ0n) is 25.6. The van der Waals surface area contributed by atoms with Gasteiger partial charge in [0.15, 0.2) is 5.82 Å². The maximum absolute atomic E-state index is 13.9. The van der Waals surface area contributed by atoms with Crippen LogP contribution in [0.5, 0.6) is 5.75 Å². The first-order chi connectivity index (χ1) is 22.5. The molecule has 12 nitrogen and oxygen atoms in total. The minimum Gasteiger partial charge on any atom is -0.494 e. The van der Waals surface area contributed by atoms with Crippen molar-refractivity contribution in [1.29, 1.82) is 5.26 Å². The number of nitriles is 1. The predicted octanol–water partition coefficient (Wildman–Crippen LogP) is 3.76. The van der Waals surface area contributed by atoms with E-state index in [9.17, 15) is 10.1 Å². The van der Waals surface area contributed by atoms with Gasteiger partial charge in [0.2, 0.25) is 5.82 Å². The third-order valence-electron chi connectivity index (χ3n) is 10.4. The van der Waals surface area contributed by atoms with Crippen LogP contribution < -0.4 is 15.4 Å². The van der Waals surface area contributed by atoms with Gasteiger partial charge < -0.3 is 29.4 Å². The number of ether oxygens (including phenoxy) is 1. The highest BCUT2D eigenvalue weighted by molar-refractivity contribution is 6.00. The van der Waals surface area contributed by atoms with Crippen molar-refractivity contribution in [2.75, 3.05) is 31.6 Å². The van der Waals surface area contributed by atoms with Crippen molar-refractivity contribution in [1.82, 2.24) is 34.0 Å². The molecule has 2 aliphatic carbocycles. The lowest BCUT2D eigenvalue weighted by atomic mass is 10.1. The Bertz CT molecular complexity index is 2070. The van der Waals surface area contributed by atoms with Crippen LogP contribution in [0, 0.1) is 23.2 Å². The number of hydrogen-bond donors (Lipinski definition) is 1. The molecule has 2 unspecified atom stereocenters. The Labute approximate surface area is 265 Å². The van der Waals surface area contributed by atoms with Crippen molar-refractivity contribution < 1.29 is 9.53 Å². The average Bonchev–Trinajstić information content (AvgIpc) is 3.41. The van der Waals surface area contributed by atoms with Crippen LogP contribution in [0.15, 0.2) is 48.8 Å². The smallest absolute Gasteiger partial charge is 0.254 e. The van der Waals surface area contributed by atoms with E-state index in [1.54, 1.807) is 13.3 Å². The molecule has 4 fully saturated rings. The van der Waals surface area contributed by atoms with E-state index in [0.29, 0.717) is 42.8 Å². The van der Waals surface area contributed by atoms with Gasteiger partial charge in [-0.15, -0.1) is 0 Å². The van der Waals surface area contributed by atoms with E-state index in [0.717, 1.165) is 58.8 Å². The van der Waals surface area contributed by atoms with Crippen molar-refractivity contribution in [3.8, 4) is 23.3 Å². The van der Waals surface area contributed by atoms with Crippen LogP contribution in [0.1, 0.15) is 47.9 Å². The molecule has 3 atom stereocenters. The fourth-order valence-electron chi connectivity index (χ4n) is 7.86. The van der Waals surface area contributed by atoms with E-state index >= 15 is 0 Å². The molecule has 9 rings (SSSR count). The van der Waals surface area contributed by atoms with Crippen molar-refractivity contribution in [2.45, 2.75) is 50.4 Å². The summed E-state index contributed by atoms with van der Waals surface area (Å²) in [5.41, 5.74) is 10.6. The van der Waals surface area contributed by atoms with Gasteiger partial charge in [0.25, 0.3) is 5.91 Å². The van der Waals surface area contributed by atoms with Crippen molar-refractivity contribution >= 4 is 33.8 Å². The maximum atomic E-state index is 13.9. The van der Waals surface area contributed by atoms with Gasteiger partial charge in [-0.1, -0.05) is 0 Å². The van der Waals surface area contributed by atoms with Gasteiger partial charge in [0, 0.05) is 61.6 Å². The second-order valence-electron chi connectivity index (χ2n) is 13.2. The number of pyridine rings is 1. The molecule has 4 aromatic heterocycles. The number of methoxy groups -OCH3 is 1. The monoisotopic (exact) mass is 614 g/mol. The van der Waals surface area contributed by atoms with Crippen molar-refractivity contribution in [3.05, 3.63) is 60.2 Å². The van der Waals surface area contributed by atoms with Gasteiger partial charge in [-0.25, -0.2) is 19.9 Å². The second kappa shape index (κ2) is 10.3. The largest absolute Gasteiger partial charge is 0.494 e. The number of carbonyl (C=O) groups is 1. The van der Waals surface area contributed by atoms with Crippen LogP contribution in [0.3, 0.4) is 0 Å². The van der Waals surface area contributed by atoms with Gasteiger partial charge in [-0.05, 0) is 73.9 Å². The molecule has 46 heavy (non-hydrogen) atoms. The van der Waals surface area contributed by atoms with Gasteiger partial charge in [-0.3, -0.25) is 4.79 Å². The molecule has 1 amide bonds. The molecule has 4 aliphatic rings. The normalized spacial score (nSPS) is 22.5. The molecule has 2 bridgehead atoms. The number of piperidine rings is 1. The maximum Gasteiger partial charge on any atom is 0.254 e. The Kier molecular flexibility index (Phi) is 6.08. The van der Waals surface area contributed by atoms with E-state index in [2.05, 4.69) is 36.1 Å². The number of hydrogen-bond acceptors (Lipinski definition) is 9. The third kappa shape index (κ3) is 4.18. The van der Waals surface area contributed by atoms with Crippen LogP contribution >= 0.6 is 0 Å². The standard InChI is InChI=1S/C34H34N10O2/c1-46-27-13-22(34(45)43-16-21-6-7-25(43)30(21)36)11-24-31(27)44(23-17-41(18-23)29-8-10-37-28(14-35)40-29)33(39-24)26-12-20-3-2-9-38-32(20)42(26)15-19-4-5-19/h2-3,8-13,19,21,23,25,30H,4-7,15-18,36H2,1H3/t21?,25?,30-/m1/s1. The summed E-state index contributed by atoms with van der Waals surface area (Å²) in [4.78, 5) is 36.5. The summed E-state index contributed by atoms with van der Waals surface area (Å²) >= 11 is 0. The van der Waals surface area contributed by atoms with E-state index in [-0.39, 0.29) is 29.9 Å². The first-order valence-electron chi connectivity index (χ1n) is 16.1. The lowest BCUT2D eigenvalue weighted by Gasteiger charge is -2.41. The fourth-order valence-corrected chi connectivity index (χ4v) is 7.86. The van der Waals surface area contributed by atoms with Gasteiger partial charge >= 0.3 is 0 Å². The van der Waals surface area contributed by atoms with E-state index < -0.39 is 0 Å². The van der Waals surface area contributed by atoms with Crippen molar-refractivity contribution in [3.63, 3.8) is 0 Å². The average molecular weight is 615 g/mol. The number of imidazole rings is 1. The summed E-state index contributed by atoms with van der Waals surface area (Å²) in [6.45, 7) is 2.92. The fraction of sp³-hybridized carbons (Fsp3) is 0.412. The number of amides is 1. The first-order valence-corrected chi connectivity index (χ1v) is 16.1. The number of rotatable bonds is 7. The van der Waals surface area contributed by atoms with Gasteiger partial charge in [0.05, 0.1) is 24.4 Å². The highest BCUT2D eigenvalue weighted by Crippen LogP contribution is 2.42. The number of fused-ring (bicyclic) bond motifs is 4. The highest BCUT2D eigenvalue weighted by Gasteiger charge is 2.47. The van der Waals surface area contributed by atoms with Crippen molar-refractivity contribution in [2.24, 2.45) is 17.6 Å². The zero-order valence-corrected chi connectivity index (χ0v) is 25.6. The number of nitrogens with zero attached hydrogens (tertiary/aromatic N) is 9. The number of anilines is 1. The number of nitrogens with two attached hydrogens (primary N) is 1. The minimum absolute atomic E-state index is 0.0159. The summed E-state index contributed by atoms with van der Waals surface area (Å²) < 4.78 is 10.6. The lowest BCUT2D eigenvalue weighted by molar-refractivity contribution is 0.0700. The van der Waals surface area contributed by atoms with Gasteiger partial charge in [0.1, 0.15) is 28.8 Å². The Balaban J connectivity index is 1.18. The summed E-state index contributed by atoms with van der Waals surface area (Å²) in [5, 5.41) is 10.4. The number of likely N-dealkylation sites (tertiary alicyclic amines) is 1. The Hall–Kier alpha value is -5.02. The highest BCUT2D eigenvalue weighted by atomic mass is 16.5. The predicted molar refractivity (Wildman–Crippen MR) is 171 cm³/mol. The topological polar surface area (TPSA) is 144 Å². The molecule has 2 saturated heterocycles. The summed E-state index contributed by atoms with van der Waals surface area (Å²) in [6.07, 6.45) is 7.93.